The van der Waals surface area contributed by atoms with Gasteiger partial charge in [0.05, 0.1) is 12.0 Å². The molecule has 0 aliphatic heterocycles. The third-order valence-electron chi connectivity index (χ3n) is 2.98. The van der Waals surface area contributed by atoms with Gasteiger partial charge < -0.3 is 4.57 Å². The molecule has 0 unspecified atom stereocenters. The van der Waals surface area contributed by atoms with Crippen LogP contribution in [0.1, 0.15) is 30.9 Å². The van der Waals surface area contributed by atoms with Gasteiger partial charge in [0.1, 0.15) is 0 Å². The maximum Gasteiger partial charge on any atom is 0.0951 e. The summed E-state index contributed by atoms with van der Waals surface area (Å²) in [4.78, 5) is 4.41. The smallest absolute Gasteiger partial charge is 0.0951 e. The topological polar surface area (TPSA) is 17.8 Å². The molecule has 0 radical (unpaired) electrons. The van der Waals surface area contributed by atoms with Gasteiger partial charge in [-0.3, -0.25) is 0 Å². The Morgan fingerprint density at radius 1 is 1.25 bits per heavy atom. The number of aromatic nitrogens is 2. The molecule has 84 valence electrons. The fraction of sp³-hybridized carbons (Fsp3) is 0.357. The van der Waals surface area contributed by atoms with Crippen LogP contribution in [0.25, 0.3) is 11.3 Å². The number of rotatable bonds is 2. The van der Waals surface area contributed by atoms with Gasteiger partial charge in [0.25, 0.3) is 0 Å². The number of hydrogen-bond acceptors (Lipinski definition) is 1. The standard InChI is InChI=1S/C14H18N2/c1-10(2)12-6-5-7-13(11(12)3)14-8-16(4)9-15-14/h5-10H,1-4H3. The Balaban J connectivity index is 2.54. The van der Waals surface area contributed by atoms with E-state index in [1.54, 1.807) is 0 Å². The molecule has 2 nitrogen and oxygen atoms in total. The zero-order valence-electron chi connectivity index (χ0n) is 10.4. The van der Waals surface area contributed by atoms with Crippen molar-refractivity contribution in [1.82, 2.24) is 9.55 Å². The molecule has 1 heterocycles. The average Bonchev–Trinajstić information content (AvgIpc) is 2.64. The van der Waals surface area contributed by atoms with Crippen molar-refractivity contribution in [3.63, 3.8) is 0 Å². The van der Waals surface area contributed by atoms with Crippen molar-refractivity contribution in [2.24, 2.45) is 7.05 Å². The number of imidazole rings is 1. The van der Waals surface area contributed by atoms with Gasteiger partial charge in [-0.25, -0.2) is 4.98 Å². The second-order valence-electron chi connectivity index (χ2n) is 4.60. The quantitative estimate of drug-likeness (QED) is 0.748. The van der Waals surface area contributed by atoms with Crippen molar-refractivity contribution >= 4 is 0 Å². The van der Waals surface area contributed by atoms with E-state index in [9.17, 15) is 0 Å². The molecule has 16 heavy (non-hydrogen) atoms. The molecular weight excluding hydrogens is 196 g/mol. The molecule has 0 aliphatic rings. The zero-order chi connectivity index (χ0) is 11.7. The number of aryl methyl sites for hydroxylation is 1. The van der Waals surface area contributed by atoms with Crippen LogP contribution in [0.2, 0.25) is 0 Å². The van der Waals surface area contributed by atoms with Crippen molar-refractivity contribution < 1.29 is 0 Å². The van der Waals surface area contributed by atoms with Crippen LogP contribution in [-0.2, 0) is 7.05 Å². The van der Waals surface area contributed by atoms with Crippen molar-refractivity contribution in [2.75, 3.05) is 0 Å². The monoisotopic (exact) mass is 214 g/mol. The highest BCUT2D eigenvalue weighted by Crippen LogP contribution is 2.28. The van der Waals surface area contributed by atoms with E-state index in [1.807, 2.05) is 17.9 Å². The van der Waals surface area contributed by atoms with Gasteiger partial charge in [-0.2, -0.15) is 0 Å². The molecule has 0 spiro atoms. The minimum absolute atomic E-state index is 0.559. The van der Waals surface area contributed by atoms with Crippen LogP contribution in [0.5, 0.6) is 0 Å². The van der Waals surface area contributed by atoms with Crippen molar-refractivity contribution in [1.29, 1.82) is 0 Å². The Morgan fingerprint density at radius 2 is 2.00 bits per heavy atom. The lowest BCUT2D eigenvalue weighted by atomic mass is 9.93. The molecule has 0 saturated carbocycles. The summed E-state index contributed by atoms with van der Waals surface area (Å²) in [6, 6.07) is 6.46. The minimum Gasteiger partial charge on any atom is -0.340 e. The van der Waals surface area contributed by atoms with E-state index in [0.717, 1.165) is 5.69 Å². The first-order chi connectivity index (χ1) is 7.59. The van der Waals surface area contributed by atoms with E-state index in [0.29, 0.717) is 5.92 Å². The van der Waals surface area contributed by atoms with Crippen molar-refractivity contribution in [3.8, 4) is 11.3 Å². The fourth-order valence-corrected chi connectivity index (χ4v) is 2.11. The van der Waals surface area contributed by atoms with E-state index >= 15 is 0 Å². The van der Waals surface area contributed by atoms with Gasteiger partial charge in [-0.1, -0.05) is 32.0 Å². The molecule has 0 amide bonds. The van der Waals surface area contributed by atoms with Crippen LogP contribution in [0.15, 0.2) is 30.7 Å². The summed E-state index contributed by atoms with van der Waals surface area (Å²) in [7, 11) is 2.00. The first-order valence-electron chi connectivity index (χ1n) is 5.67. The Kier molecular flexibility index (Phi) is 2.82. The minimum atomic E-state index is 0.559. The first kappa shape index (κ1) is 10.9. The molecule has 2 heteroatoms. The highest BCUT2D eigenvalue weighted by Gasteiger charge is 2.09. The van der Waals surface area contributed by atoms with Gasteiger partial charge in [0.15, 0.2) is 0 Å². The molecule has 1 aromatic heterocycles. The van der Waals surface area contributed by atoms with Crippen molar-refractivity contribution in [2.45, 2.75) is 26.7 Å². The average molecular weight is 214 g/mol. The predicted octanol–water partition coefficient (Wildman–Crippen LogP) is 3.52. The molecule has 2 rings (SSSR count). The largest absolute Gasteiger partial charge is 0.340 e. The third-order valence-corrected chi connectivity index (χ3v) is 2.98. The van der Waals surface area contributed by atoms with Crippen LogP contribution in [0, 0.1) is 6.92 Å². The molecule has 0 N–H and O–H groups in total. The van der Waals surface area contributed by atoms with Gasteiger partial charge in [0.2, 0.25) is 0 Å². The zero-order valence-corrected chi connectivity index (χ0v) is 10.4. The lowest BCUT2D eigenvalue weighted by Gasteiger charge is -2.12. The van der Waals surface area contributed by atoms with Crippen LogP contribution in [-0.4, -0.2) is 9.55 Å². The molecule has 1 aromatic carbocycles. The maximum atomic E-state index is 4.41. The SMILES string of the molecule is Cc1c(-c2cn(C)cn2)cccc1C(C)C. The maximum absolute atomic E-state index is 4.41. The summed E-state index contributed by atoms with van der Waals surface area (Å²) in [5, 5.41) is 0. The van der Waals surface area contributed by atoms with Gasteiger partial charge in [0, 0.05) is 18.8 Å². The Hall–Kier alpha value is -1.57. The second-order valence-corrected chi connectivity index (χ2v) is 4.60. The molecule has 2 aromatic rings. The Labute approximate surface area is 97.0 Å². The van der Waals surface area contributed by atoms with Gasteiger partial charge >= 0.3 is 0 Å². The Bertz CT molecular complexity index is 495. The molecular formula is C14H18N2. The fourth-order valence-electron chi connectivity index (χ4n) is 2.11. The first-order valence-corrected chi connectivity index (χ1v) is 5.67. The van der Waals surface area contributed by atoms with Crippen LogP contribution in [0.3, 0.4) is 0 Å². The highest BCUT2D eigenvalue weighted by atomic mass is 15.0. The summed E-state index contributed by atoms with van der Waals surface area (Å²) < 4.78 is 1.98. The molecule has 0 saturated heterocycles. The Morgan fingerprint density at radius 3 is 2.56 bits per heavy atom. The third kappa shape index (κ3) is 1.87. The van der Waals surface area contributed by atoms with E-state index in [4.69, 9.17) is 0 Å². The lowest BCUT2D eigenvalue weighted by molar-refractivity contribution is 0.857. The van der Waals surface area contributed by atoms with E-state index in [1.165, 1.54) is 16.7 Å². The van der Waals surface area contributed by atoms with Crippen molar-refractivity contribution in [3.05, 3.63) is 41.9 Å². The van der Waals surface area contributed by atoms with Crippen LogP contribution < -0.4 is 0 Å². The molecule has 0 atom stereocenters. The summed E-state index contributed by atoms with van der Waals surface area (Å²) in [5.74, 6) is 0.559. The lowest BCUT2D eigenvalue weighted by Crippen LogP contribution is -1.94. The predicted molar refractivity (Wildman–Crippen MR) is 67.5 cm³/mol. The van der Waals surface area contributed by atoms with E-state index in [-0.39, 0.29) is 0 Å². The summed E-state index contributed by atoms with van der Waals surface area (Å²) in [6.07, 6.45) is 3.91. The van der Waals surface area contributed by atoms with Gasteiger partial charge in [-0.05, 0) is 24.0 Å². The molecule has 0 aliphatic carbocycles. The highest BCUT2D eigenvalue weighted by molar-refractivity contribution is 5.64. The number of benzene rings is 1. The summed E-state index contributed by atoms with van der Waals surface area (Å²) >= 11 is 0. The summed E-state index contributed by atoms with van der Waals surface area (Å²) in [5.41, 5.74) is 5.05. The van der Waals surface area contributed by atoms with Gasteiger partial charge in [-0.15, -0.1) is 0 Å². The summed E-state index contributed by atoms with van der Waals surface area (Å²) in [6.45, 7) is 6.63. The molecule has 0 fully saturated rings. The van der Waals surface area contributed by atoms with E-state index in [2.05, 4.69) is 50.2 Å². The van der Waals surface area contributed by atoms with Crippen LogP contribution >= 0.6 is 0 Å². The number of hydrogen-bond donors (Lipinski definition) is 0. The van der Waals surface area contributed by atoms with E-state index < -0.39 is 0 Å². The van der Waals surface area contributed by atoms with Crippen LogP contribution in [0.4, 0.5) is 0 Å². The molecule has 0 bridgehead atoms. The second kappa shape index (κ2) is 4.12. The number of nitrogens with zero attached hydrogens (tertiary/aromatic N) is 2. The normalized spacial score (nSPS) is 11.1.